The van der Waals surface area contributed by atoms with Crippen LogP contribution in [0.2, 0.25) is 0 Å². The van der Waals surface area contributed by atoms with E-state index in [2.05, 4.69) is 111 Å². The maximum absolute atomic E-state index is 5.76. The van der Waals surface area contributed by atoms with Gasteiger partial charge in [0.25, 0.3) is 0 Å². The lowest BCUT2D eigenvalue weighted by Gasteiger charge is -2.22. The third-order valence-corrected chi connectivity index (χ3v) is 6.49. The molecule has 0 saturated heterocycles. The fraction of sp³-hybridized carbons (Fsp3) is 0.240. The van der Waals surface area contributed by atoms with Gasteiger partial charge in [0.2, 0.25) is 5.90 Å². The van der Waals surface area contributed by atoms with Crippen LogP contribution in [0, 0.1) is 5.92 Å². The molecule has 1 aliphatic heterocycles. The van der Waals surface area contributed by atoms with Crippen molar-refractivity contribution in [1.82, 2.24) is 0 Å². The lowest BCUT2D eigenvalue weighted by Crippen LogP contribution is -2.25. The smallest absolute Gasteiger partial charge is 0.216 e. The van der Waals surface area contributed by atoms with Crippen molar-refractivity contribution in [3.63, 3.8) is 0 Å². The molecule has 144 valence electrons. The standard InChI is InChI=1S/C21H18NOP.C4H10/c1-3-9-17(10-4-1)24(18-11-5-2-6-12-18)20-14-8-7-13-19(20)21-22-15-16-23-21;1-4(2)3/h1-14H,15-16H2;4H,1-3H3. The summed E-state index contributed by atoms with van der Waals surface area (Å²) in [5, 5.41) is 3.97. The zero-order chi connectivity index (χ0) is 19.8. The van der Waals surface area contributed by atoms with Crippen molar-refractivity contribution in [3.05, 3.63) is 90.5 Å². The Morgan fingerprint density at radius 2 is 1.25 bits per heavy atom. The van der Waals surface area contributed by atoms with Gasteiger partial charge < -0.3 is 4.74 Å². The fourth-order valence-electron chi connectivity index (χ4n) is 2.93. The monoisotopic (exact) mass is 389 g/mol. The third-order valence-electron chi connectivity index (χ3n) is 3.99. The molecule has 1 heterocycles. The highest BCUT2D eigenvalue weighted by atomic mass is 31.1. The maximum atomic E-state index is 5.76. The Balaban J connectivity index is 0.000000516. The van der Waals surface area contributed by atoms with Crippen molar-refractivity contribution in [3.8, 4) is 0 Å². The van der Waals surface area contributed by atoms with Crippen LogP contribution >= 0.6 is 7.92 Å². The molecule has 4 rings (SSSR count). The zero-order valence-electron chi connectivity index (χ0n) is 16.9. The van der Waals surface area contributed by atoms with E-state index in [9.17, 15) is 0 Å². The van der Waals surface area contributed by atoms with Crippen molar-refractivity contribution in [1.29, 1.82) is 0 Å². The van der Waals surface area contributed by atoms with Crippen molar-refractivity contribution < 1.29 is 4.74 Å². The molecular weight excluding hydrogens is 361 g/mol. The predicted molar refractivity (Wildman–Crippen MR) is 123 cm³/mol. The molecular formula is C25H28NOP. The second-order valence-corrected chi connectivity index (χ2v) is 9.48. The Kier molecular flexibility index (Phi) is 7.39. The first-order chi connectivity index (χ1) is 13.7. The molecule has 0 aromatic heterocycles. The van der Waals surface area contributed by atoms with Crippen molar-refractivity contribution in [2.24, 2.45) is 10.9 Å². The van der Waals surface area contributed by atoms with Gasteiger partial charge in [0.1, 0.15) is 6.61 Å². The Morgan fingerprint density at radius 3 is 1.75 bits per heavy atom. The van der Waals surface area contributed by atoms with Crippen molar-refractivity contribution in [2.45, 2.75) is 20.8 Å². The lowest BCUT2D eigenvalue weighted by molar-refractivity contribution is 0.348. The molecule has 0 fully saturated rings. The molecule has 1 aliphatic rings. The molecule has 3 aromatic carbocycles. The van der Waals surface area contributed by atoms with Gasteiger partial charge in [-0.2, -0.15) is 0 Å². The largest absolute Gasteiger partial charge is 0.475 e. The molecule has 3 aromatic rings. The number of aliphatic imine (C=N–C) groups is 1. The summed E-state index contributed by atoms with van der Waals surface area (Å²) in [4.78, 5) is 4.54. The van der Waals surface area contributed by atoms with Gasteiger partial charge >= 0.3 is 0 Å². The summed E-state index contributed by atoms with van der Waals surface area (Å²) in [5.74, 6) is 1.62. The minimum atomic E-state index is -0.644. The first-order valence-electron chi connectivity index (χ1n) is 9.83. The van der Waals surface area contributed by atoms with E-state index in [1.54, 1.807) is 0 Å². The molecule has 0 spiro atoms. The number of benzene rings is 3. The minimum Gasteiger partial charge on any atom is -0.475 e. The van der Waals surface area contributed by atoms with Gasteiger partial charge in [0.05, 0.1) is 6.54 Å². The average molecular weight is 389 g/mol. The van der Waals surface area contributed by atoms with Crippen LogP contribution in [0.4, 0.5) is 0 Å². The predicted octanol–water partition coefficient (Wildman–Crippen LogP) is 4.88. The van der Waals surface area contributed by atoms with Crippen LogP contribution in [-0.2, 0) is 4.74 Å². The highest BCUT2D eigenvalue weighted by Gasteiger charge is 2.22. The summed E-state index contributed by atoms with van der Waals surface area (Å²) in [7, 11) is -0.644. The maximum Gasteiger partial charge on any atom is 0.216 e. The number of hydrogen-bond acceptors (Lipinski definition) is 2. The summed E-state index contributed by atoms with van der Waals surface area (Å²) in [5.41, 5.74) is 1.12. The van der Waals surface area contributed by atoms with Gasteiger partial charge in [-0.05, 0) is 35.8 Å². The van der Waals surface area contributed by atoms with Crippen LogP contribution in [0.3, 0.4) is 0 Å². The normalized spacial score (nSPS) is 13.0. The van der Waals surface area contributed by atoms with E-state index in [-0.39, 0.29) is 0 Å². The molecule has 3 heteroatoms. The summed E-state index contributed by atoms with van der Waals surface area (Å²) in [6.45, 7) is 7.93. The highest BCUT2D eigenvalue weighted by Crippen LogP contribution is 2.34. The van der Waals surface area contributed by atoms with Crippen LogP contribution < -0.4 is 15.9 Å². The van der Waals surface area contributed by atoms with Crippen LogP contribution in [0.15, 0.2) is 89.9 Å². The van der Waals surface area contributed by atoms with Crippen molar-refractivity contribution in [2.75, 3.05) is 13.2 Å². The quantitative estimate of drug-likeness (QED) is 0.583. The number of nitrogens with zero attached hydrogens (tertiary/aromatic N) is 1. The van der Waals surface area contributed by atoms with E-state index < -0.39 is 7.92 Å². The summed E-state index contributed by atoms with van der Waals surface area (Å²) in [6.07, 6.45) is 0. The molecule has 0 atom stereocenters. The Labute approximate surface area is 170 Å². The minimum absolute atomic E-state index is 0.644. The van der Waals surface area contributed by atoms with E-state index >= 15 is 0 Å². The van der Waals surface area contributed by atoms with Gasteiger partial charge in [0.15, 0.2) is 0 Å². The Morgan fingerprint density at radius 1 is 0.750 bits per heavy atom. The lowest BCUT2D eigenvalue weighted by atomic mass is 10.2. The summed E-state index contributed by atoms with van der Waals surface area (Å²) < 4.78 is 5.76. The molecule has 2 nitrogen and oxygen atoms in total. The average Bonchev–Trinajstić information content (AvgIpc) is 3.25. The topological polar surface area (TPSA) is 21.6 Å². The first-order valence-corrected chi connectivity index (χ1v) is 11.2. The fourth-order valence-corrected chi connectivity index (χ4v) is 5.37. The number of ether oxygens (including phenoxy) is 1. The van der Waals surface area contributed by atoms with Crippen LogP contribution in [0.25, 0.3) is 0 Å². The molecule has 0 saturated carbocycles. The first kappa shape index (κ1) is 20.3. The molecule has 0 unspecified atom stereocenters. The van der Waals surface area contributed by atoms with Crippen LogP contribution in [0.5, 0.6) is 0 Å². The number of rotatable bonds is 4. The second-order valence-electron chi connectivity index (χ2n) is 7.29. The van der Waals surface area contributed by atoms with Gasteiger partial charge in [-0.3, -0.25) is 0 Å². The third kappa shape index (κ3) is 5.30. The van der Waals surface area contributed by atoms with E-state index in [0.29, 0.717) is 6.61 Å². The highest BCUT2D eigenvalue weighted by molar-refractivity contribution is 7.80. The van der Waals surface area contributed by atoms with E-state index in [0.717, 1.165) is 23.9 Å². The zero-order valence-corrected chi connectivity index (χ0v) is 17.8. The Hall–Kier alpha value is -2.44. The number of hydrogen-bond donors (Lipinski definition) is 0. The molecule has 0 bridgehead atoms. The summed E-state index contributed by atoms with van der Waals surface area (Å²) in [6, 6.07) is 29.9. The molecule has 0 amide bonds. The SMILES string of the molecule is CC(C)C.c1ccc(P(c2ccccc2)c2ccccc2C2=NCCO2)cc1. The van der Waals surface area contributed by atoms with Gasteiger partial charge in [-0.15, -0.1) is 0 Å². The van der Waals surface area contributed by atoms with Gasteiger partial charge in [0, 0.05) is 5.56 Å². The second kappa shape index (κ2) is 10.2. The van der Waals surface area contributed by atoms with E-state index in [4.69, 9.17) is 4.74 Å². The summed E-state index contributed by atoms with van der Waals surface area (Å²) >= 11 is 0. The van der Waals surface area contributed by atoms with E-state index in [1.165, 1.54) is 15.9 Å². The van der Waals surface area contributed by atoms with Crippen molar-refractivity contribution >= 4 is 29.7 Å². The molecule has 0 radical (unpaired) electrons. The van der Waals surface area contributed by atoms with Gasteiger partial charge in [-0.1, -0.05) is 99.6 Å². The molecule has 28 heavy (non-hydrogen) atoms. The van der Waals surface area contributed by atoms with Crippen LogP contribution in [0.1, 0.15) is 26.3 Å². The Bertz CT molecular complexity index is 848. The van der Waals surface area contributed by atoms with E-state index in [1.807, 2.05) is 0 Å². The molecule has 0 aliphatic carbocycles. The molecule has 0 N–H and O–H groups in total. The van der Waals surface area contributed by atoms with Crippen LogP contribution in [-0.4, -0.2) is 19.0 Å². The van der Waals surface area contributed by atoms with Gasteiger partial charge in [-0.25, -0.2) is 4.99 Å².